The number of nitrogens with zero attached hydrogens (tertiary/aromatic N) is 1. The van der Waals surface area contributed by atoms with E-state index in [0.717, 1.165) is 31.2 Å². The average Bonchev–Trinajstić information content (AvgIpc) is 2.46. The average molecular weight is 328 g/mol. The maximum Gasteiger partial charge on any atom is 0.246 e. The lowest BCUT2D eigenvalue weighted by Gasteiger charge is -2.34. The molecule has 1 fully saturated rings. The van der Waals surface area contributed by atoms with Gasteiger partial charge in [0.1, 0.15) is 0 Å². The number of aliphatic hydroxyl groups is 1. The van der Waals surface area contributed by atoms with Crippen LogP contribution in [0.1, 0.15) is 31.2 Å². The summed E-state index contributed by atoms with van der Waals surface area (Å²) < 4.78 is 0. The Labute approximate surface area is 135 Å². The van der Waals surface area contributed by atoms with Gasteiger partial charge < -0.3 is 10.0 Å². The minimum atomic E-state index is -0.430. The normalized spacial score (nSPS) is 22.5. The van der Waals surface area contributed by atoms with Gasteiger partial charge in [0.2, 0.25) is 5.91 Å². The number of halogens is 2. The Hall–Kier alpha value is -1.03. The van der Waals surface area contributed by atoms with E-state index in [-0.39, 0.29) is 11.9 Å². The molecule has 2 atom stereocenters. The Balaban J connectivity index is 2.04. The Bertz CT molecular complexity index is 545. The highest BCUT2D eigenvalue weighted by Crippen LogP contribution is 2.24. The van der Waals surface area contributed by atoms with Gasteiger partial charge in [0.15, 0.2) is 0 Å². The summed E-state index contributed by atoms with van der Waals surface area (Å²) in [7, 11) is 1.73. The van der Waals surface area contributed by atoms with Crippen molar-refractivity contribution >= 4 is 35.2 Å². The van der Waals surface area contributed by atoms with Gasteiger partial charge in [-0.3, -0.25) is 4.79 Å². The van der Waals surface area contributed by atoms with Crippen LogP contribution in [0.25, 0.3) is 6.08 Å². The van der Waals surface area contributed by atoms with Crippen molar-refractivity contribution in [1.82, 2.24) is 4.90 Å². The first-order valence-corrected chi connectivity index (χ1v) is 7.82. The zero-order valence-electron chi connectivity index (χ0n) is 11.9. The lowest BCUT2D eigenvalue weighted by molar-refractivity contribution is -0.130. The quantitative estimate of drug-likeness (QED) is 0.858. The molecule has 5 heteroatoms. The largest absolute Gasteiger partial charge is 0.391 e. The minimum Gasteiger partial charge on any atom is -0.391 e. The van der Waals surface area contributed by atoms with Crippen LogP contribution < -0.4 is 0 Å². The van der Waals surface area contributed by atoms with Crippen molar-refractivity contribution in [2.75, 3.05) is 7.05 Å². The molecule has 21 heavy (non-hydrogen) atoms. The van der Waals surface area contributed by atoms with Crippen LogP contribution in [0.3, 0.4) is 0 Å². The molecule has 3 nitrogen and oxygen atoms in total. The van der Waals surface area contributed by atoms with E-state index >= 15 is 0 Å². The number of hydrogen-bond donors (Lipinski definition) is 1. The van der Waals surface area contributed by atoms with Gasteiger partial charge in [0.25, 0.3) is 0 Å². The SMILES string of the molecule is CN(C(=O)/C=C/c1ccc(Cl)cc1Cl)C1CCCCC1O. The topological polar surface area (TPSA) is 40.5 Å². The number of amides is 1. The van der Waals surface area contributed by atoms with Gasteiger partial charge in [-0.25, -0.2) is 0 Å². The molecular formula is C16H19Cl2NO2. The molecule has 1 N–H and O–H groups in total. The Kier molecular flexibility index (Phi) is 5.68. The van der Waals surface area contributed by atoms with Crippen LogP contribution in [0.5, 0.6) is 0 Å². The van der Waals surface area contributed by atoms with Gasteiger partial charge in [-0.1, -0.05) is 42.1 Å². The van der Waals surface area contributed by atoms with E-state index in [2.05, 4.69) is 0 Å². The zero-order valence-corrected chi connectivity index (χ0v) is 13.4. The monoisotopic (exact) mass is 327 g/mol. The predicted molar refractivity (Wildman–Crippen MR) is 86.5 cm³/mol. The smallest absolute Gasteiger partial charge is 0.246 e. The third-order valence-electron chi connectivity index (χ3n) is 3.91. The fraction of sp³-hybridized carbons (Fsp3) is 0.438. The summed E-state index contributed by atoms with van der Waals surface area (Å²) in [6.07, 6.45) is 6.40. The van der Waals surface area contributed by atoms with Crippen molar-refractivity contribution in [2.45, 2.75) is 37.8 Å². The zero-order chi connectivity index (χ0) is 15.4. The van der Waals surface area contributed by atoms with Crippen molar-refractivity contribution in [1.29, 1.82) is 0 Å². The number of benzene rings is 1. The fourth-order valence-electron chi connectivity index (χ4n) is 2.62. The highest BCUT2D eigenvalue weighted by molar-refractivity contribution is 6.35. The molecule has 0 aliphatic heterocycles. The number of aliphatic hydroxyl groups excluding tert-OH is 1. The van der Waals surface area contributed by atoms with E-state index in [4.69, 9.17) is 23.2 Å². The Morgan fingerprint density at radius 3 is 2.71 bits per heavy atom. The molecule has 1 aromatic carbocycles. The first kappa shape index (κ1) is 16.3. The van der Waals surface area contributed by atoms with E-state index in [9.17, 15) is 9.90 Å². The lowest BCUT2D eigenvalue weighted by atomic mass is 9.91. The maximum absolute atomic E-state index is 12.2. The van der Waals surface area contributed by atoms with Crippen LogP contribution in [0, 0.1) is 0 Å². The fourth-order valence-corrected chi connectivity index (χ4v) is 3.09. The van der Waals surface area contributed by atoms with Gasteiger partial charge in [0, 0.05) is 23.2 Å². The molecular weight excluding hydrogens is 309 g/mol. The Morgan fingerprint density at radius 2 is 2.05 bits per heavy atom. The molecule has 1 aliphatic rings. The first-order chi connectivity index (χ1) is 9.99. The third-order valence-corrected chi connectivity index (χ3v) is 4.47. The molecule has 2 unspecified atom stereocenters. The van der Waals surface area contributed by atoms with Crippen LogP contribution in [0.4, 0.5) is 0 Å². The molecule has 2 rings (SSSR count). The molecule has 0 heterocycles. The van der Waals surface area contributed by atoms with Gasteiger partial charge in [-0.2, -0.15) is 0 Å². The number of carbonyl (C=O) groups excluding carboxylic acids is 1. The van der Waals surface area contributed by atoms with Crippen LogP contribution >= 0.6 is 23.2 Å². The summed E-state index contributed by atoms with van der Waals surface area (Å²) in [5, 5.41) is 11.1. The van der Waals surface area contributed by atoms with Crippen LogP contribution in [0.2, 0.25) is 10.0 Å². The van der Waals surface area contributed by atoms with Crippen molar-refractivity contribution in [3.05, 3.63) is 39.9 Å². The number of likely N-dealkylation sites (N-methyl/N-ethyl adjacent to an activating group) is 1. The van der Waals surface area contributed by atoms with E-state index in [0.29, 0.717) is 10.0 Å². The van der Waals surface area contributed by atoms with E-state index in [1.807, 2.05) is 0 Å². The standard InChI is InChI=1S/C16H19Cl2NO2/c1-19(14-4-2-3-5-15(14)20)16(21)9-7-11-6-8-12(17)10-13(11)18/h6-10,14-15,20H,2-5H2,1H3/b9-7+. The number of hydrogen-bond acceptors (Lipinski definition) is 2. The lowest BCUT2D eigenvalue weighted by Crippen LogP contribution is -2.45. The summed E-state index contributed by atoms with van der Waals surface area (Å²) >= 11 is 11.9. The van der Waals surface area contributed by atoms with Gasteiger partial charge in [-0.05, 0) is 36.6 Å². The van der Waals surface area contributed by atoms with E-state index in [1.165, 1.54) is 6.08 Å². The molecule has 0 saturated heterocycles. The molecule has 1 aliphatic carbocycles. The van der Waals surface area contributed by atoms with Crippen LogP contribution in [0.15, 0.2) is 24.3 Å². The Morgan fingerprint density at radius 1 is 1.33 bits per heavy atom. The molecule has 0 bridgehead atoms. The number of carbonyl (C=O) groups is 1. The highest BCUT2D eigenvalue weighted by atomic mass is 35.5. The van der Waals surface area contributed by atoms with Crippen LogP contribution in [-0.2, 0) is 4.79 Å². The van der Waals surface area contributed by atoms with Gasteiger partial charge in [0.05, 0.1) is 12.1 Å². The molecule has 0 spiro atoms. The second-order valence-corrected chi connectivity index (χ2v) is 6.21. The van der Waals surface area contributed by atoms with Crippen molar-refractivity contribution in [2.24, 2.45) is 0 Å². The molecule has 0 radical (unpaired) electrons. The minimum absolute atomic E-state index is 0.100. The van der Waals surface area contributed by atoms with Crippen molar-refractivity contribution < 1.29 is 9.90 Å². The third kappa shape index (κ3) is 4.22. The summed E-state index contributed by atoms with van der Waals surface area (Å²) in [6.45, 7) is 0. The molecule has 1 amide bonds. The summed E-state index contributed by atoms with van der Waals surface area (Å²) in [5.74, 6) is -0.132. The molecule has 1 saturated carbocycles. The van der Waals surface area contributed by atoms with Crippen molar-refractivity contribution in [3.63, 3.8) is 0 Å². The van der Waals surface area contributed by atoms with Gasteiger partial charge >= 0.3 is 0 Å². The molecule has 0 aromatic heterocycles. The second kappa shape index (κ2) is 7.30. The van der Waals surface area contributed by atoms with Gasteiger partial charge in [-0.15, -0.1) is 0 Å². The van der Waals surface area contributed by atoms with E-state index < -0.39 is 6.10 Å². The molecule has 114 valence electrons. The second-order valence-electron chi connectivity index (χ2n) is 5.37. The van der Waals surface area contributed by atoms with E-state index in [1.54, 1.807) is 36.2 Å². The maximum atomic E-state index is 12.2. The van der Waals surface area contributed by atoms with Crippen molar-refractivity contribution in [3.8, 4) is 0 Å². The first-order valence-electron chi connectivity index (χ1n) is 7.07. The summed E-state index contributed by atoms with van der Waals surface area (Å²) in [6, 6.07) is 5.04. The predicted octanol–water partition coefficient (Wildman–Crippen LogP) is 3.77. The number of rotatable bonds is 3. The molecule has 1 aromatic rings. The van der Waals surface area contributed by atoms with Crippen LogP contribution in [-0.4, -0.2) is 35.1 Å². The summed E-state index contributed by atoms with van der Waals surface area (Å²) in [4.78, 5) is 13.8. The summed E-state index contributed by atoms with van der Waals surface area (Å²) in [5.41, 5.74) is 0.743. The highest BCUT2D eigenvalue weighted by Gasteiger charge is 2.28.